The monoisotopic (exact) mass is 373 g/mol. The molecule has 2 aliphatic heterocycles. The van der Waals surface area contributed by atoms with Crippen molar-refractivity contribution in [3.63, 3.8) is 0 Å². The van der Waals surface area contributed by atoms with Gasteiger partial charge in [-0.15, -0.1) is 10.2 Å². The SMILES string of the molecule is CC1=C/C(=C2/C=[N+](C)c3ccccc32)Oc2ccccc21.[O-][Cl+3]([O-])([O-])[O-]. The highest BCUT2D eigenvalue weighted by Crippen LogP contribution is 2.38. The fourth-order valence-electron chi connectivity index (χ4n) is 2.97. The van der Waals surface area contributed by atoms with E-state index in [4.69, 9.17) is 23.4 Å². The third kappa shape index (κ3) is 4.01. The summed E-state index contributed by atoms with van der Waals surface area (Å²) in [4.78, 5) is 0. The van der Waals surface area contributed by atoms with Crippen LogP contribution in [0.3, 0.4) is 0 Å². The highest BCUT2D eigenvalue weighted by atomic mass is 35.7. The van der Waals surface area contributed by atoms with Gasteiger partial charge in [0.05, 0.1) is 11.1 Å². The Hall–Kier alpha value is -2.48. The zero-order valence-electron chi connectivity index (χ0n) is 14.1. The second-order valence-corrected chi connectivity index (χ2v) is 6.59. The van der Waals surface area contributed by atoms with E-state index in [1.807, 2.05) is 18.2 Å². The minimum absolute atomic E-state index is 0.919. The van der Waals surface area contributed by atoms with Crippen molar-refractivity contribution >= 4 is 23.0 Å². The minimum Gasteiger partial charge on any atom is -0.456 e. The van der Waals surface area contributed by atoms with Crippen molar-refractivity contribution in [3.05, 3.63) is 71.5 Å². The lowest BCUT2D eigenvalue weighted by molar-refractivity contribution is -2.00. The van der Waals surface area contributed by atoms with Crippen molar-refractivity contribution in [3.8, 4) is 5.75 Å². The number of benzene rings is 2. The lowest BCUT2D eigenvalue weighted by atomic mass is 9.99. The molecular weight excluding hydrogens is 358 g/mol. The van der Waals surface area contributed by atoms with Gasteiger partial charge in [-0.2, -0.15) is 0 Å². The Kier molecular flexibility index (Phi) is 4.95. The van der Waals surface area contributed by atoms with Crippen LogP contribution >= 0.6 is 0 Å². The highest BCUT2D eigenvalue weighted by Gasteiger charge is 2.27. The van der Waals surface area contributed by atoms with E-state index in [0.29, 0.717) is 0 Å². The van der Waals surface area contributed by atoms with Crippen LogP contribution in [0.25, 0.3) is 11.1 Å². The van der Waals surface area contributed by atoms with Crippen molar-refractivity contribution in [2.24, 2.45) is 0 Å². The summed E-state index contributed by atoms with van der Waals surface area (Å²) < 4.78 is 42.3. The zero-order valence-corrected chi connectivity index (χ0v) is 14.9. The van der Waals surface area contributed by atoms with E-state index < -0.39 is 10.2 Å². The first-order chi connectivity index (χ1) is 12.2. The molecule has 0 atom stereocenters. The molecule has 0 spiro atoms. The Balaban J connectivity index is 0.000000349. The van der Waals surface area contributed by atoms with Crippen LogP contribution in [0, 0.1) is 10.2 Å². The van der Waals surface area contributed by atoms with E-state index in [2.05, 4.69) is 61.2 Å². The van der Waals surface area contributed by atoms with E-state index >= 15 is 0 Å². The molecule has 4 rings (SSSR count). The Labute approximate surface area is 153 Å². The summed E-state index contributed by atoms with van der Waals surface area (Å²) in [7, 11) is -2.88. The summed E-state index contributed by atoms with van der Waals surface area (Å²) in [6, 6.07) is 16.6. The topological polar surface area (TPSA) is 104 Å². The van der Waals surface area contributed by atoms with E-state index in [9.17, 15) is 0 Å². The van der Waals surface area contributed by atoms with Gasteiger partial charge >= 0.3 is 0 Å². The zero-order chi connectivity index (χ0) is 18.9. The van der Waals surface area contributed by atoms with Gasteiger partial charge in [-0.05, 0) is 30.7 Å². The molecule has 7 heteroatoms. The van der Waals surface area contributed by atoms with Crippen LogP contribution in [0.4, 0.5) is 5.69 Å². The highest BCUT2D eigenvalue weighted by molar-refractivity contribution is 6.14. The summed E-state index contributed by atoms with van der Waals surface area (Å²) in [6.45, 7) is 2.13. The standard InChI is InChI=1S/C19H16NO.ClHO4/c1-13-11-19(21-18-10-6-4-7-14(13)18)16-12-20(2)17-9-5-3-8-15(16)17;2-1(3,4)5/h3-12H,1-2H3;(H,2,3,4,5)/q+1;/p-1/b19-16+;. The molecule has 0 bridgehead atoms. The van der Waals surface area contributed by atoms with Crippen LogP contribution in [-0.2, 0) is 0 Å². The van der Waals surface area contributed by atoms with E-state index in [1.54, 1.807) is 0 Å². The number of halogens is 1. The van der Waals surface area contributed by atoms with Crippen LogP contribution in [-0.4, -0.2) is 17.8 Å². The molecule has 2 heterocycles. The first-order valence-corrected chi connectivity index (χ1v) is 8.96. The number of rotatable bonds is 0. The second-order valence-electron chi connectivity index (χ2n) is 5.84. The van der Waals surface area contributed by atoms with E-state index in [-0.39, 0.29) is 0 Å². The third-order valence-corrected chi connectivity index (χ3v) is 4.04. The lowest BCUT2D eigenvalue weighted by Crippen LogP contribution is -2.68. The largest absolute Gasteiger partial charge is 0.456 e. The van der Waals surface area contributed by atoms with Gasteiger partial charge < -0.3 is 4.74 Å². The number of fused-ring (bicyclic) bond motifs is 2. The summed E-state index contributed by atoms with van der Waals surface area (Å²) >= 11 is 0. The van der Waals surface area contributed by atoms with Gasteiger partial charge in [0.2, 0.25) is 5.69 Å². The molecule has 6 nitrogen and oxygen atoms in total. The molecular formula is C19H16ClNO5. The van der Waals surface area contributed by atoms with Crippen LogP contribution < -0.4 is 23.4 Å². The van der Waals surface area contributed by atoms with Crippen LogP contribution in [0.15, 0.2) is 60.4 Å². The average molecular weight is 374 g/mol. The van der Waals surface area contributed by atoms with Gasteiger partial charge in [-0.25, -0.2) is 23.2 Å². The molecule has 0 amide bonds. The van der Waals surface area contributed by atoms with Gasteiger partial charge in [0, 0.05) is 11.6 Å². The van der Waals surface area contributed by atoms with Crippen molar-refractivity contribution < 1.29 is 38.2 Å². The molecule has 0 N–H and O–H groups in total. The normalized spacial score (nSPS) is 17.9. The summed E-state index contributed by atoms with van der Waals surface area (Å²) in [5, 5.41) is 0. The molecule has 134 valence electrons. The Morgan fingerprint density at radius 1 is 0.885 bits per heavy atom. The first kappa shape index (κ1) is 18.3. The first-order valence-electron chi connectivity index (χ1n) is 7.73. The summed E-state index contributed by atoms with van der Waals surface area (Å²) in [5.74, 6) is 1.85. The molecule has 0 saturated heterocycles. The molecule has 0 aliphatic carbocycles. The molecule has 2 aliphatic rings. The molecule has 0 radical (unpaired) electrons. The predicted molar refractivity (Wildman–Crippen MR) is 86.0 cm³/mol. The van der Waals surface area contributed by atoms with E-state index in [0.717, 1.165) is 17.1 Å². The maximum atomic E-state index is 8.49. The maximum Gasteiger partial charge on any atom is 0.213 e. The van der Waals surface area contributed by atoms with Gasteiger partial charge in [0.1, 0.15) is 18.6 Å². The number of hydrogen-bond donors (Lipinski definition) is 0. The summed E-state index contributed by atoms with van der Waals surface area (Å²) in [6.07, 6.45) is 4.27. The van der Waals surface area contributed by atoms with Crippen molar-refractivity contribution in [2.75, 3.05) is 7.05 Å². The van der Waals surface area contributed by atoms with Gasteiger partial charge in [-0.1, -0.05) is 30.3 Å². The maximum absolute atomic E-state index is 8.49. The Bertz CT molecular complexity index is 935. The predicted octanol–water partition coefficient (Wildman–Crippen LogP) is -0.504. The molecule has 2 aromatic carbocycles. The fourth-order valence-corrected chi connectivity index (χ4v) is 2.97. The number of para-hydroxylation sites is 2. The molecule has 2 aromatic rings. The fraction of sp³-hybridized carbons (Fsp3) is 0.105. The van der Waals surface area contributed by atoms with Crippen LogP contribution in [0.5, 0.6) is 5.75 Å². The molecule has 26 heavy (non-hydrogen) atoms. The second kappa shape index (κ2) is 7.03. The smallest absolute Gasteiger partial charge is 0.213 e. The molecule has 0 fully saturated rings. The minimum atomic E-state index is -4.94. The van der Waals surface area contributed by atoms with Crippen molar-refractivity contribution in [1.29, 1.82) is 0 Å². The third-order valence-electron chi connectivity index (χ3n) is 4.04. The Morgan fingerprint density at radius 2 is 1.46 bits per heavy atom. The van der Waals surface area contributed by atoms with Crippen molar-refractivity contribution in [2.45, 2.75) is 6.92 Å². The van der Waals surface area contributed by atoms with Gasteiger partial charge in [0.25, 0.3) is 0 Å². The number of nitrogens with zero attached hydrogens (tertiary/aromatic N) is 1. The number of ether oxygens (including phenoxy) is 1. The van der Waals surface area contributed by atoms with Crippen LogP contribution in [0.2, 0.25) is 0 Å². The Morgan fingerprint density at radius 3 is 2.15 bits per heavy atom. The van der Waals surface area contributed by atoms with Crippen molar-refractivity contribution in [1.82, 2.24) is 0 Å². The molecule has 0 unspecified atom stereocenters. The number of hydrogen-bond acceptors (Lipinski definition) is 5. The average Bonchev–Trinajstić information content (AvgIpc) is 2.91. The molecule has 0 saturated carbocycles. The quantitative estimate of drug-likeness (QED) is 0.579. The van der Waals surface area contributed by atoms with Gasteiger partial charge in [-0.3, -0.25) is 0 Å². The van der Waals surface area contributed by atoms with E-state index in [1.165, 1.54) is 22.4 Å². The van der Waals surface area contributed by atoms with Gasteiger partial charge in [0.15, 0.2) is 6.21 Å². The van der Waals surface area contributed by atoms with Crippen LogP contribution in [0.1, 0.15) is 18.1 Å². The molecule has 0 aromatic heterocycles. The summed E-state index contributed by atoms with van der Waals surface area (Å²) in [5.41, 5.74) is 5.98. The number of allylic oxidation sites excluding steroid dienone is 3. The lowest BCUT2D eigenvalue weighted by Gasteiger charge is -2.18.